The number of piperidine rings is 1. The summed E-state index contributed by atoms with van der Waals surface area (Å²) >= 11 is 1.95. The summed E-state index contributed by atoms with van der Waals surface area (Å²) in [7, 11) is 0. The highest BCUT2D eigenvalue weighted by Crippen LogP contribution is 2.26. The minimum absolute atomic E-state index is 1.15. The van der Waals surface area contributed by atoms with E-state index >= 15 is 0 Å². The van der Waals surface area contributed by atoms with Gasteiger partial charge in [-0.25, -0.2) is 0 Å². The Balaban J connectivity index is 1.78. The first-order valence-corrected chi connectivity index (χ1v) is 6.93. The lowest BCUT2D eigenvalue weighted by Crippen LogP contribution is -2.28. The number of nitrogens with zero attached hydrogens (tertiary/aromatic N) is 1. The van der Waals surface area contributed by atoms with Crippen LogP contribution < -0.4 is 0 Å². The van der Waals surface area contributed by atoms with Crippen LogP contribution in [-0.4, -0.2) is 18.0 Å². The van der Waals surface area contributed by atoms with E-state index in [9.17, 15) is 0 Å². The topological polar surface area (TPSA) is 3.24 Å². The van der Waals surface area contributed by atoms with E-state index in [1.165, 1.54) is 47.3 Å². The molecule has 0 aliphatic carbocycles. The van der Waals surface area contributed by atoms with E-state index in [-0.39, 0.29) is 0 Å². The molecule has 1 aromatic carbocycles. The lowest BCUT2D eigenvalue weighted by molar-refractivity contribution is 0.223. The summed E-state index contributed by atoms with van der Waals surface area (Å²) in [5, 5.41) is 1.40. The summed E-state index contributed by atoms with van der Waals surface area (Å²) in [5.74, 6) is 0. The zero-order valence-electron chi connectivity index (χ0n) is 9.48. The average molecular weight is 231 g/mol. The SMILES string of the molecule is c1ccc2sc(CN3CCCCC3)cc2c1. The monoisotopic (exact) mass is 231 g/mol. The molecule has 1 nitrogen and oxygen atoms in total. The molecule has 0 N–H and O–H groups in total. The summed E-state index contributed by atoms with van der Waals surface area (Å²) < 4.78 is 1.43. The molecule has 1 aliphatic rings. The maximum Gasteiger partial charge on any atom is 0.0346 e. The van der Waals surface area contributed by atoms with Gasteiger partial charge in [0.05, 0.1) is 0 Å². The van der Waals surface area contributed by atoms with Crippen molar-refractivity contribution >= 4 is 21.4 Å². The van der Waals surface area contributed by atoms with Crippen molar-refractivity contribution < 1.29 is 0 Å². The minimum atomic E-state index is 1.15. The van der Waals surface area contributed by atoms with Crippen LogP contribution in [0.25, 0.3) is 10.1 Å². The summed E-state index contributed by atoms with van der Waals surface area (Å²) in [6.07, 6.45) is 4.18. The van der Waals surface area contributed by atoms with Crippen molar-refractivity contribution in [2.45, 2.75) is 25.8 Å². The predicted octanol–water partition coefficient (Wildman–Crippen LogP) is 3.89. The third-order valence-corrected chi connectivity index (χ3v) is 4.41. The molecular formula is C14H17NS. The van der Waals surface area contributed by atoms with Gasteiger partial charge in [0.2, 0.25) is 0 Å². The second kappa shape index (κ2) is 4.56. The van der Waals surface area contributed by atoms with E-state index in [2.05, 4.69) is 35.2 Å². The van der Waals surface area contributed by atoms with Crippen LogP contribution in [0.5, 0.6) is 0 Å². The highest BCUT2D eigenvalue weighted by atomic mass is 32.1. The summed E-state index contributed by atoms with van der Waals surface area (Å²) in [4.78, 5) is 4.11. The number of fused-ring (bicyclic) bond motifs is 1. The maximum absolute atomic E-state index is 2.59. The van der Waals surface area contributed by atoms with Gasteiger partial charge in [0.1, 0.15) is 0 Å². The van der Waals surface area contributed by atoms with Crippen LogP contribution in [0.3, 0.4) is 0 Å². The Morgan fingerprint density at radius 2 is 1.88 bits per heavy atom. The van der Waals surface area contributed by atoms with Gasteiger partial charge in [0, 0.05) is 16.1 Å². The highest BCUT2D eigenvalue weighted by Gasteiger charge is 2.11. The second-order valence-corrected chi connectivity index (χ2v) is 5.76. The van der Waals surface area contributed by atoms with Crippen molar-refractivity contribution in [3.8, 4) is 0 Å². The Kier molecular flexibility index (Phi) is 2.94. The third-order valence-electron chi connectivity index (χ3n) is 3.30. The number of hydrogen-bond donors (Lipinski definition) is 0. The van der Waals surface area contributed by atoms with E-state index < -0.39 is 0 Å². The van der Waals surface area contributed by atoms with Crippen LogP contribution in [0.4, 0.5) is 0 Å². The molecular weight excluding hydrogens is 214 g/mol. The molecule has 0 saturated carbocycles. The molecule has 1 aromatic heterocycles. The van der Waals surface area contributed by atoms with Crippen LogP contribution in [0.1, 0.15) is 24.1 Å². The molecule has 0 unspecified atom stereocenters. The second-order valence-electron chi connectivity index (χ2n) is 4.59. The number of hydrogen-bond acceptors (Lipinski definition) is 2. The van der Waals surface area contributed by atoms with E-state index in [1.54, 1.807) is 0 Å². The Hall–Kier alpha value is -0.860. The van der Waals surface area contributed by atoms with Crippen molar-refractivity contribution in [2.24, 2.45) is 0 Å². The molecule has 16 heavy (non-hydrogen) atoms. The lowest BCUT2D eigenvalue weighted by Gasteiger charge is -2.25. The molecule has 2 heteroatoms. The first-order chi connectivity index (χ1) is 7.92. The van der Waals surface area contributed by atoms with Crippen LogP contribution in [0, 0.1) is 0 Å². The van der Waals surface area contributed by atoms with Crippen LogP contribution in [0.2, 0.25) is 0 Å². The summed E-state index contributed by atoms with van der Waals surface area (Å²) in [6, 6.07) is 11.0. The molecule has 0 amide bonds. The van der Waals surface area contributed by atoms with E-state index in [0.29, 0.717) is 0 Å². The molecule has 84 valence electrons. The molecule has 1 saturated heterocycles. The maximum atomic E-state index is 2.59. The zero-order chi connectivity index (χ0) is 10.8. The van der Waals surface area contributed by atoms with Gasteiger partial charge in [-0.05, 0) is 43.5 Å². The number of benzene rings is 1. The first kappa shape index (κ1) is 10.3. The minimum Gasteiger partial charge on any atom is -0.298 e. The third kappa shape index (κ3) is 2.13. The van der Waals surface area contributed by atoms with E-state index in [1.807, 2.05) is 11.3 Å². The molecule has 1 fully saturated rings. The standard InChI is InChI=1S/C14H17NS/c1-4-8-15(9-5-1)11-13-10-12-6-2-3-7-14(12)16-13/h2-3,6-7,10H,1,4-5,8-9,11H2. The van der Waals surface area contributed by atoms with Crippen molar-refractivity contribution in [2.75, 3.05) is 13.1 Å². The summed E-state index contributed by atoms with van der Waals surface area (Å²) in [5.41, 5.74) is 0. The smallest absolute Gasteiger partial charge is 0.0346 e. The first-order valence-electron chi connectivity index (χ1n) is 6.12. The number of thiophene rings is 1. The quantitative estimate of drug-likeness (QED) is 0.758. The van der Waals surface area contributed by atoms with Crippen molar-refractivity contribution in [1.29, 1.82) is 0 Å². The van der Waals surface area contributed by atoms with Gasteiger partial charge in [0.15, 0.2) is 0 Å². The Bertz CT molecular complexity index is 435. The van der Waals surface area contributed by atoms with E-state index in [4.69, 9.17) is 0 Å². The number of rotatable bonds is 2. The fourth-order valence-corrected chi connectivity index (χ4v) is 3.56. The van der Waals surface area contributed by atoms with Gasteiger partial charge in [0.25, 0.3) is 0 Å². The fraction of sp³-hybridized carbons (Fsp3) is 0.429. The highest BCUT2D eigenvalue weighted by molar-refractivity contribution is 7.19. The van der Waals surface area contributed by atoms with Gasteiger partial charge in [-0.3, -0.25) is 4.90 Å². The largest absolute Gasteiger partial charge is 0.298 e. The molecule has 0 bridgehead atoms. The van der Waals surface area contributed by atoms with Crippen LogP contribution in [-0.2, 0) is 6.54 Å². The van der Waals surface area contributed by atoms with Gasteiger partial charge < -0.3 is 0 Å². The molecule has 0 radical (unpaired) electrons. The Morgan fingerprint density at radius 3 is 2.69 bits per heavy atom. The van der Waals surface area contributed by atoms with Crippen LogP contribution >= 0.6 is 11.3 Å². The number of likely N-dealkylation sites (tertiary alicyclic amines) is 1. The van der Waals surface area contributed by atoms with Crippen molar-refractivity contribution in [1.82, 2.24) is 4.90 Å². The molecule has 2 heterocycles. The fourth-order valence-electron chi connectivity index (χ4n) is 2.45. The van der Waals surface area contributed by atoms with Crippen molar-refractivity contribution in [3.05, 3.63) is 35.2 Å². The van der Waals surface area contributed by atoms with Gasteiger partial charge >= 0.3 is 0 Å². The zero-order valence-corrected chi connectivity index (χ0v) is 10.3. The van der Waals surface area contributed by atoms with Crippen molar-refractivity contribution in [3.63, 3.8) is 0 Å². The molecule has 3 rings (SSSR count). The Labute approximate surface area is 101 Å². The lowest BCUT2D eigenvalue weighted by atomic mass is 10.1. The van der Waals surface area contributed by atoms with Gasteiger partial charge in [-0.1, -0.05) is 24.6 Å². The summed E-state index contributed by atoms with van der Waals surface area (Å²) in [6.45, 7) is 3.72. The van der Waals surface area contributed by atoms with E-state index in [0.717, 1.165) is 6.54 Å². The Morgan fingerprint density at radius 1 is 1.06 bits per heavy atom. The van der Waals surface area contributed by atoms with Gasteiger partial charge in [-0.15, -0.1) is 11.3 Å². The molecule has 0 spiro atoms. The normalized spacial score (nSPS) is 18.0. The molecule has 0 atom stereocenters. The van der Waals surface area contributed by atoms with Gasteiger partial charge in [-0.2, -0.15) is 0 Å². The molecule has 2 aromatic rings. The molecule has 1 aliphatic heterocycles. The predicted molar refractivity (Wildman–Crippen MR) is 71.0 cm³/mol. The van der Waals surface area contributed by atoms with Crippen LogP contribution in [0.15, 0.2) is 30.3 Å². The average Bonchev–Trinajstić information content (AvgIpc) is 2.72.